The molecule has 0 unspecified atom stereocenters. The summed E-state index contributed by atoms with van der Waals surface area (Å²) >= 11 is 12.3. The van der Waals surface area contributed by atoms with Gasteiger partial charge in [0.2, 0.25) is 0 Å². The maximum Gasteiger partial charge on any atom is 0.153 e. The Morgan fingerprint density at radius 2 is 1.76 bits per heavy atom. The third-order valence-electron chi connectivity index (χ3n) is 3.33. The molecule has 1 aromatic heterocycles. The van der Waals surface area contributed by atoms with Crippen LogP contribution in [0.1, 0.15) is 5.56 Å². The molecule has 0 aliphatic rings. The predicted molar refractivity (Wildman–Crippen MR) is 88.6 cm³/mol. The predicted octanol–water partition coefficient (Wildman–Crippen LogP) is 4.94. The Morgan fingerprint density at radius 1 is 1.05 bits per heavy atom. The van der Waals surface area contributed by atoms with Crippen LogP contribution in [0.5, 0.6) is 0 Å². The van der Waals surface area contributed by atoms with Gasteiger partial charge in [0.1, 0.15) is 0 Å². The zero-order valence-electron chi connectivity index (χ0n) is 11.3. The van der Waals surface area contributed by atoms with Crippen molar-refractivity contribution >= 4 is 29.0 Å². The molecule has 3 N–H and O–H groups in total. The number of aryl methyl sites for hydroxylation is 1. The van der Waals surface area contributed by atoms with E-state index >= 15 is 0 Å². The molecule has 0 aliphatic heterocycles. The lowest BCUT2D eigenvalue weighted by Crippen LogP contribution is -1.89. The van der Waals surface area contributed by atoms with Crippen molar-refractivity contribution in [2.75, 3.05) is 5.73 Å². The highest BCUT2D eigenvalue weighted by Crippen LogP contribution is 2.38. The minimum Gasteiger partial charge on any atom is -0.382 e. The topological polar surface area (TPSA) is 54.7 Å². The first-order valence-corrected chi connectivity index (χ1v) is 7.18. The van der Waals surface area contributed by atoms with E-state index in [0.717, 1.165) is 22.4 Å². The van der Waals surface area contributed by atoms with Crippen LogP contribution >= 0.6 is 23.2 Å². The van der Waals surface area contributed by atoms with E-state index in [2.05, 4.69) is 10.2 Å². The molecule has 0 spiro atoms. The first-order valence-electron chi connectivity index (χ1n) is 6.42. The molecular formula is C16H13Cl2N3. The third kappa shape index (κ3) is 2.62. The number of nitrogen functional groups attached to an aromatic ring is 1. The molecule has 1 heterocycles. The van der Waals surface area contributed by atoms with Crippen LogP contribution in [0.4, 0.5) is 5.82 Å². The van der Waals surface area contributed by atoms with Gasteiger partial charge in [0.25, 0.3) is 0 Å². The van der Waals surface area contributed by atoms with Crippen LogP contribution in [0.3, 0.4) is 0 Å². The maximum absolute atomic E-state index is 6.28. The van der Waals surface area contributed by atoms with Crippen LogP contribution in [-0.4, -0.2) is 10.2 Å². The van der Waals surface area contributed by atoms with Crippen molar-refractivity contribution in [1.29, 1.82) is 0 Å². The van der Waals surface area contributed by atoms with Crippen LogP contribution in [-0.2, 0) is 0 Å². The standard InChI is InChI=1S/C16H13Cl2N3/c1-9-2-4-10(5-3-9)14-15(20-21-16(14)19)12-8-11(17)6-7-13(12)18/h2-8H,1H3,(H3,19,20,21). The normalized spacial score (nSPS) is 10.8. The van der Waals surface area contributed by atoms with Gasteiger partial charge in [-0.3, -0.25) is 5.10 Å². The quantitative estimate of drug-likeness (QED) is 0.703. The second-order valence-electron chi connectivity index (χ2n) is 4.85. The number of hydrogen-bond acceptors (Lipinski definition) is 2. The average molecular weight is 318 g/mol. The molecule has 3 aromatic rings. The number of anilines is 1. The van der Waals surface area contributed by atoms with E-state index in [-0.39, 0.29) is 0 Å². The van der Waals surface area contributed by atoms with Crippen molar-refractivity contribution in [2.24, 2.45) is 0 Å². The number of hydrogen-bond donors (Lipinski definition) is 2. The summed E-state index contributed by atoms with van der Waals surface area (Å²) in [6.07, 6.45) is 0. The van der Waals surface area contributed by atoms with E-state index in [0.29, 0.717) is 15.9 Å². The van der Waals surface area contributed by atoms with Crippen LogP contribution in [0, 0.1) is 6.92 Å². The zero-order valence-corrected chi connectivity index (χ0v) is 12.8. The lowest BCUT2D eigenvalue weighted by Gasteiger charge is -2.07. The fraction of sp³-hybridized carbons (Fsp3) is 0.0625. The highest BCUT2D eigenvalue weighted by Gasteiger charge is 2.17. The van der Waals surface area contributed by atoms with Crippen LogP contribution < -0.4 is 5.73 Å². The molecular weight excluding hydrogens is 305 g/mol. The average Bonchev–Trinajstić information content (AvgIpc) is 2.84. The highest BCUT2D eigenvalue weighted by molar-refractivity contribution is 6.35. The number of nitrogens with zero attached hydrogens (tertiary/aromatic N) is 1. The van der Waals surface area contributed by atoms with Gasteiger partial charge in [-0.1, -0.05) is 53.0 Å². The van der Waals surface area contributed by atoms with Crippen molar-refractivity contribution in [3.05, 3.63) is 58.1 Å². The van der Waals surface area contributed by atoms with E-state index in [1.54, 1.807) is 18.2 Å². The van der Waals surface area contributed by atoms with Gasteiger partial charge in [-0.2, -0.15) is 5.10 Å². The van der Waals surface area contributed by atoms with Crippen molar-refractivity contribution in [3.8, 4) is 22.4 Å². The summed E-state index contributed by atoms with van der Waals surface area (Å²) in [6, 6.07) is 13.4. The number of benzene rings is 2. The molecule has 3 nitrogen and oxygen atoms in total. The minimum absolute atomic E-state index is 0.435. The summed E-state index contributed by atoms with van der Waals surface area (Å²) in [5.74, 6) is 0.435. The third-order valence-corrected chi connectivity index (χ3v) is 3.90. The molecule has 106 valence electrons. The summed E-state index contributed by atoms with van der Waals surface area (Å²) in [5.41, 5.74) is 10.6. The Balaban J connectivity index is 2.21. The monoisotopic (exact) mass is 317 g/mol. The molecule has 2 aromatic carbocycles. The van der Waals surface area contributed by atoms with Crippen LogP contribution in [0.2, 0.25) is 10.0 Å². The Labute approximate surface area is 132 Å². The number of aromatic amines is 1. The van der Waals surface area contributed by atoms with Crippen LogP contribution in [0.15, 0.2) is 42.5 Å². The lowest BCUT2D eigenvalue weighted by molar-refractivity contribution is 1.10. The fourth-order valence-electron chi connectivity index (χ4n) is 2.25. The zero-order chi connectivity index (χ0) is 15.0. The van der Waals surface area contributed by atoms with Gasteiger partial charge >= 0.3 is 0 Å². The number of nitrogens with two attached hydrogens (primary N) is 1. The molecule has 0 atom stereocenters. The van der Waals surface area contributed by atoms with Crippen LogP contribution in [0.25, 0.3) is 22.4 Å². The van der Waals surface area contributed by atoms with Gasteiger partial charge in [-0.05, 0) is 30.7 Å². The molecule has 0 saturated heterocycles. The van der Waals surface area contributed by atoms with E-state index in [9.17, 15) is 0 Å². The van der Waals surface area contributed by atoms with E-state index < -0.39 is 0 Å². The molecule has 0 saturated carbocycles. The fourth-order valence-corrected chi connectivity index (χ4v) is 2.64. The van der Waals surface area contributed by atoms with E-state index in [1.165, 1.54) is 5.56 Å². The number of rotatable bonds is 2. The van der Waals surface area contributed by atoms with Crippen molar-refractivity contribution < 1.29 is 0 Å². The second kappa shape index (κ2) is 5.43. The molecule has 0 bridgehead atoms. The van der Waals surface area contributed by atoms with Crippen molar-refractivity contribution in [1.82, 2.24) is 10.2 Å². The smallest absolute Gasteiger partial charge is 0.153 e. The number of nitrogens with one attached hydrogen (secondary N) is 1. The summed E-state index contributed by atoms with van der Waals surface area (Å²) in [4.78, 5) is 0. The number of aromatic nitrogens is 2. The Hall–Kier alpha value is -1.97. The Bertz CT molecular complexity index is 792. The summed E-state index contributed by atoms with van der Waals surface area (Å²) in [7, 11) is 0. The SMILES string of the molecule is Cc1ccc(-c2c(N)n[nH]c2-c2cc(Cl)ccc2Cl)cc1. The Morgan fingerprint density at radius 3 is 2.48 bits per heavy atom. The van der Waals surface area contributed by atoms with Crippen molar-refractivity contribution in [3.63, 3.8) is 0 Å². The molecule has 3 rings (SSSR count). The van der Waals surface area contributed by atoms with Gasteiger partial charge in [0.05, 0.1) is 16.3 Å². The largest absolute Gasteiger partial charge is 0.382 e. The highest BCUT2D eigenvalue weighted by atomic mass is 35.5. The van der Waals surface area contributed by atoms with Gasteiger partial charge in [0.15, 0.2) is 5.82 Å². The van der Waals surface area contributed by atoms with E-state index in [1.807, 2.05) is 31.2 Å². The second-order valence-corrected chi connectivity index (χ2v) is 5.69. The molecule has 21 heavy (non-hydrogen) atoms. The minimum atomic E-state index is 0.435. The molecule has 0 aliphatic carbocycles. The lowest BCUT2D eigenvalue weighted by atomic mass is 10.00. The number of halogens is 2. The Kier molecular flexibility index (Phi) is 3.62. The van der Waals surface area contributed by atoms with Gasteiger partial charge in [0, 0.05) is 10.6 Å². The first-order chi connectivity index (χ1) is 10.1. The summed E-state index contributed by atoms with van der Waals surface area (Å²) in [5, 5.41) is 8.27. The van der Waals surface area contributed by atoms with Gasteiger partial charge in [-0.25, -0.2) is 0 Å². The molecule has 0 radical (unpaired) electrons. The van der Waals surface area contributed by atoms with E-state index in [4.69, 9.17) is 28.9 Å². The summed E-state index contributed by atoms with van der Waals surface area (Å²) < 4.78 is 0. The molecule has 0 fully saturated rings. The first kappa shape index (κ1) is 14.0. The molecule has 5 heteroatoms. The van der Waals surface area contributed by atoms with Crippen molar-refractivity contribution in [2.45, 2.75) is 6.92 Å². The molecule has 0 amide bonds. The van der Waals surface area contributed by atoms with Gasteiger partial charge in [-0.15, -0.1) is 0 Å². The summed E-state index contributed by atoms with van der Waals surface area (Å²) in [6.45, 7) is 2.04. The van der Waals surface area contributed by atoms with Gasteiger partial charge < -0.3 is 5.73 Å². The maximum atomic E-state index is 6.28. The number of H-pyrrole nitrogens is 1.